The molecule has 0 aromatic heterocycles. The van der Waals surface area contributed by atoms with Gasteiger partial charge in [-0.05, 0) is 81.7 Å². The number of amidine groups is 1. The Morgan fingerprint density at radius 2 is 1.60 bits per heavy atom. The molecular weight excluding hydrogens is 549 g/mol. The molecule has 2 amide bonds. The fourth-order valence-corrected chi connectivity index (χ4v) is 6.73. The molecular formula is C26H38FN3O9S. The number of nitro benzene ring substituents is 1. The minimum Gasteiger partial charge on any atom is -0.443 e. The number of aliphatic imine (C=N–C) groups is 1. The van der Waals surface area contributed by atoms with E-state index in [1.165, 1.54) is 69.2 Å². The van der Waals surface area contributed by atoms with Crippen molar-refractivity contribution in [2.45, 2.75) is 109 Å². The van der Waals surface area contributed by atoms with Crippen LogP contribution in [-0.2, 0) is 24.8 Å². The number of hydrogen-bond acceptors (Lipinski definition) is 10. The predicted octanol–water partition coefficient (Wildman–Crippen LogP) is 4.87. The molecule has 1 aromatic rings. The van der Waals surface area contributed by atoms with Crippen LogP contribution in [0.3, 0.4) is 0 Å². The number of sulfone groups is 1. The third-order valence-corrected chi connectivity index (χ3v) is 9.22. The van der Waals surface area contributed by atoms with Crippen LogP contribution < -0.4 is 0 Å². The maximum Gasteiger partial charge on any atom is 0.425 e. The summed E-state index contributed by atoms with van der Waals surface area (Å²) in [6, 6.07) is 2.56. The van der Waals surface area contributed by atoms with Crippen LogP contribution in [0.15, 0.2) is 23.2 Å². The van der Waals surface area contributed by atoms with Crippen LogP contribution in [0.25, 0.3) is 0 Å². The van der Waals surface area contributed by atoms with E-state index >= 15 is 4.39 Å². The van der Waals surface area contributed by atoms with Crippen molar-refractivity contribution < 1.29 is 41.9 Å². The van der Waals surface area contributed by atoms with Crippen molar-refractivity contribution in [2.75, 3.05) is 0 Å². The zero-order valence-electron chi connectivity index (χ0n) is 24.4. The summed E-state index contributed by atoms with van der Waals surface area (Å²) in [5.74, 6) is -1.64. The number of rotatable bonds is 4. The third-order valence-electron chi connectivity index (χ3n) is 6.21. The standard InChI is InChI=1S/C26H38FN3O9S/c1-15(31)13-19-26(10,17-14-16(30(34)35)11-12-18(17)27)28-20(25(8,9)40(19,36)37)29(21(32)38-23(2,3)4)22(33)39-24(5,6)7/h11-12,14-15,19,31H,13H2,1-10H3/t15-,19-,26+/m0/s1. The van der Waals surface area contributed by atoms with E-state index in [1.807, 2.05) is 0 Å². The van der Waals surface area contributed by atoms with Gasteiger partial charge in [0.15, 0.2) is 9.84 Å². The summed E-state index contributed by atoms with van der Waals surface area (Å²) < 4.78 is 52.6. The summed E-state index contributed by atoms with van der Waals surface area (Å²) in [5, 5.41) is 20.1. The molecule has 14 heteroatoms. The highest BCUT2D eigenvalue weighted by atomic mass is 32.2. The average Bonchev–Trinajstić information content (AvgIpc) is 2.73. The summed E-state index contributed by atoms with van der Waals surface area (Å²) in [4.78, 5) is 42.5. The van der Waals surface area contributed by atoms with Crippen LogP contribution in [0.4, 0.5) is 19.7 Å². The number of aliphatic hydroxyl groups is 1. The Morgan fingerprint density at radius 1 is 1.12 bits per heavy atom. The van der Waals surface area contributed by atoms with Gasteiger partial charge in [-0.2, -0.15) is 4.90 Å². The van der Waals surface area contributed by atoms with Crippen molar-refractivity contribution in [1.29, 1.82) is 0 Å². The molecule has 1 heterocycles. The summed E-state index contributed by atoms with van der Waals surface area (Å²) >= 11 is 0. The quantitative estimate of drug-likeness (QED) is 0.382. The Morgan fingerprint density at radius 3 is 2.00 bits per heavy atom. The molecule has 224 valence electrons. The number of nitro groups is 1. The Hall–Kier alpha value is -3.13. The molecule has 40 heavy (non-hydrogen) atoms. The number of imide groups is 1. The lowest BCUT2D eigenvalue weighted by Gasteiger charge is -2.47. The van der Waals surface area contributed by atoms with Gasteiger partial charge in [-0.3, -0.25) is 15.1 Å². The number of aliphatic hydroxyl groups excluding tert-OH is 1. The van der Waals surface area contributed by atoms with Crippen LogP contribution in [0, 0.1) is 15.9 Å². The highest BCUT2D eigenvalue weighted by molar-refractivity contribution is 7.94. The largest absolute Gasteiger partial charge is 0.443 e. The first-order valence-corrected chi connectivity index (χ1v) is 14.1. The van der Waals surface area contributed by atoms with Gasteiger partial charge in [0, 0.05) is 17.7 Å². The van der Waals surface area contributed by atoms with Crippen LogP contribution in [0.5, 0.6) is 0 Å². The zero-order valence-corrected chi connectivity index (χ0v) is 25.3. The van der Waals surface area contributed by atoms with Gasteiger partial charge >= 0.3 is 12.2 Å². The van der Waals surface area contributed by atoms with Gasteiger partial charge in [0.05, 0.1) is 16.3 Å². The number of ether oxygens (including phenoxy) is 2. The highest BCUT2D eigenvalue weighted by Gasteiger charge is 2.61. The molecule has 1 aromatic carbocycles. The molecule has 0 bridgehead atoms. The molecule has 0 aliphatic carbocycles. The molecule has 0 radical (unpaired) electrons. The number of carbonyl (C=O) groups excluding carboxylic acids is 2. The second-order valence-electron chi connectivity index (χ2n) is 12.4. The first kappa shape index (κ1) is 33.1. The predicted molar refractivity (Wildman–Crippen MR) is 145 cm³/mol. The van der Waals surface area contributed by atoms with E-state index in [9.17, 15) is 33.2 Å². The Labute approximate surface area is 233 Å². The molecule has 1 aliphatic heterocycles. The number of carbonyl (C=O) groups is 2. The summed E-state index contributed by atoms with van der Waals surface area (Å²) in [5.41, 5.74) is -5.40. The van der Waals surface area contributed by atoms with Gasteiger partial charge in [-0.15, -0.1) is 0 Å². The lowest BCUT2D eigenvalue weighted by atomic mass is 9.85. The van der Waals surface area contributed by atoms with Crippen molar-refractivity contribution >= 4 is 33.5 Å². The molecule has 2 rings (SSSR count). The van der Waals surface area contributed by atoms with E-state index in [4.69, 9.17) is 9.47 Å². The van der Waals surface area contributed by atoms with Gasteiger partial charge in [0.2, 0.25) is 0 Å². The van der Waals surface area contributed by atoms with Crippen LogP contribution >= 0.6 is 0 Å². The molecule has 0 saturated heterocycles. The van der Waals surface area contributed by atoms with E-state index < -0.39 is 89.1 Å². The van der Waals surface area contributed by atoms with E-state index in [-0.39, 0.29) is 0 Å². The minimum atomic E-state index is -4.54. The van der Waals surface area contributed by atoms with E-state index in [0.717, 1.165) is 18.2 Å². The topological polar surface area (TPSA) is 166 Å². The van der Waals surface area contributed by atoms with Crippen molar-refractivity contribution in [3.05, 3.63) is 39.7 Å². The lowest BCUT2D eigenvalue weighted by Crippen LogP contribution is -2.64. The monoisotopic (exact) mass is 587 g/mol. The van der Waals surface area contributed by atoms with Crippen molar-refractivity contribution in [3.8, 4) is 0 Å². The SMILES string of the molecule is C[C@H](O)C[C@H]1[C@@](C)(c2cc([N+](=O)[O-])ccc2F)N=C(N(C(=O)OC(C)(C)C)C(=O)OC(C)(C)C)C(C)(C)S1(=O)=O. The number of benzene rings is 1. The molecule has 0 unspecified atom stereocenters. The van der Waals surface area contributed by atoms with Gasteiger partial charge in [0.1, 0.15) is 33.1 Å². The maximum absolute atomic E-state index is 15.4. The maximum atomic E-state index is 15.4. The molecule has 12 nitrogen and oxygen atoms in total. The van der Waals surface area contributed by atoms with Gasteiger partial charge in [-0.25, -0.2) is 22.4 Å². The van der Waals surface area contributed by atoms with Crippen molar-refractivity contribution in [1.82, 2.24) is 4.90 Å². The number of nitrogens with zero attached hydrogens (tertiary/aromatic N) is 3. The average molecular weight is 588 g/mol. The van der Waals surface area contributed by atoms with E-state index in [2.05, 4.69) is 4.99 Å². The molecule has 0 spiro atoms. The summed E-state index contributed by atoms with van der Waals surface area (Å²) in [6.07, 6.45) is -4.22. The second-order valence-corrected chi connectivity index (χ2v) is 15.1. The Bertz CT molecular complexity index is 1300. The van der Waals surface area contributed by atoms with Crippen LogP contribution in [-0.4, -0.2) is 68.7 Å². The summed E-state index contributed by atoms with van der Waals surface area (Å²) in [6.45, 7) is 14.2. The fraction of sp³-hybridized carbons (Fsp3) is 0.654. The fourth-order valence-electron chi connectivity index (χ4n) is 4.31. The number of amides is 2. The molecule has 1 aliphatic rings. The Balaban J connectivity index is 3.05. The van der Waals surface area contributed by atoms with Crippen LogP contribution in [0.2, 0.25) is 0 Å². The number of non-ortho nitro benzene ring substituents is 1. The minimum absolute atomic E-state index is 0.361. The smallest absolute Gasteiger partial charge is 0.425 e. The molecule has 0 fully saturated rings. The van der Waals surface area contributed by atoms with Crippen molar-refractivity contribution in [2.24, 2.45) is 4.99 Å². The summed E-state index contributed by atoms with van der Waals surface area (Å²) in [7, 11) is -4.54. The number of halogens is 1. The van der Waals surface area contributed by atoms with Gasteiger partial charge < -0.3 is 14.6 Å². The molecule has 3 atom stereocenters. The Kier molecular flexibility index (Phi) is 8.84. The van der Waals surface area contributed by atoms with Gasteiger partial charge in [0.25, 0.3) is 5.69 Å². The second kappa shape index (κ2) is 10.7. The first-order valence-electron chi connectivity index (χ1n) is 12.6. The van der Waals surface area contributed by atoms with Crippen LogP contribution in [0.1, 0.15) is 81.2 Å². The normalized spacial score (nSPS) is 23.0. The zero-order chi connectivity index (χ0) is 31.2. The molecule has 0 saturated carbocycles. The molecule has 1 N–H and O–H groups in total. The number of hydrogen-bond donors (Lipinski definition) is 1. The lowest BCUT2D eigenvalue weighted by molar-refractivity contribution is -0.385. The van der Waals surface area contributed by atoms with Crippen molar-refractivity contribution in [3.63, 3.8) is 0 Å². The van der Waals surface area contributed by atoms with E-state index in [0.29, 0.717) is 4.90 Å². The van der Waals surface area contributed by atoms with Gasteiger partial charge in [-0.1, -0.05) is 0 Å². The highest BCUT2D eigenvalue weighted by Crippen LogP contribution is 2.47. The van der Waals surface area contributed by atoms with E-state index in [1.54, 1.807) is 0 Å². The first-order chi connectivity index (χ1) is 17.8. The third kappa shape index (κ3) is 6.60.